The minimum atomic E-state index is -0.609. The van der Waals surface area contributed by atoms with Gasteiger partial charge in [0.25, 0.3) is 0 Å². The summed E-state index contributed by atoms with van der Waals surface area (Å²) in [7, 11) is 1.61. The highest BCUT2D eigenvalue weighted by atomic mass is 16.5. The third kappa shape index (κ3) is 8.50. The number of carbonyl (C=O) groups is 2. The molecule has 0 spiro atoms. The number of benzene rings is 2. The van der Waals surface area contributed by atoms with E-state index in [1.165, 1.54) is 0 Å². The van der Waals surface area contributed by atoms with E-state index in [0.717, 1.165) is 17.5 Å². The van der Waals surface area contributed by atoms with Gasteiger partial charge in [0.2, 0.25) is 11.8 Å². The third-order valence-electron chi connectivity index (χ3n) is 5.89. The maximum atomic E-state index is 13.4. The number of methoxy groups -OCH3 is 1. The van der Waals surface area contributed by atoms with Crippen molar-refractivity contribution in [2.45, 2.75) is 72.5 Å². The standard InChI is InChI=1S/C28H40N2O5/c1-7-20(4)29-28(32)21(5)30(19-23-11-10-12-24(17-23)33-6)27(31)16-14-22-13-15-25(34-8-2)26(18-22)35-9-3/h10-13,15,17-18,20-21H,7-9,14,16,19H2,1-6H3,(H,29,32)/t20-,21+/m0/s1. The first-order valence-electron chi connectivity index (χ1n) is 12.4. The maximum absolute atomic E-state index is 13.4. The number of nitrogens with one attached hydrogen (secondary N) is 1. The van der Waals surface area contributed by atoms with E-state index in [2.05, 4.69) is 5.32 Å². The van der Waals surface area contributed by atoms with Crippen molar-refractivity contribution in [2.75, 3.05) is 20.3 Å². The highest BCUT2D eigenvalue weighted by Gasteiger charge is 2.26. The van der Waals surface area contributed by atoms with Gasteiger partial charge in [0, 0.05) is 19.0 Å². The van der Waals surface area contributed by atoms with Gasteiger partial charge in [0.1, 0.15) is 11.8 Å². The van der Waals surface area contributed by atoms with Crippen LogP contribution in [0, 0.1) is 0 Å². The van der Waals surface area contributed by atoms with Crippen LogP contribution < -0.4 is 19.5 Å². The second-order valence-electron chi connectivity index (χ2n) is 8.51. The Labute approximate surface area is 209 Å². The summed E-state index contributed by atoms with van der Waals surface area (Å²) in [6.07, 6.45) is 1.62. The molecule has 0 radical (unpaired) electrons. The molecular weight excluding hydrogens is 444 g/mol. The van der Waals surface area contributed by atoms with E-state index in [1.54, 1.807) is 18.9 Å². The van der Waals surface area contributed by atoms with Crippen LogP contribution in [0.15, 0.2) is 42.5 Å². The van der Waals surface area contributed by atoms with E-state index in [4.69, 9.17) is 14.2 Å². The minimum absolute atomic E-state index is 0.0413. The average molecular weight is 485 g/mol. The van der Waals surface area contributed by atoms with Crippen LogP contribution >= 0.6 is 0 Å². The molecule has 0 bridgehead atoms. The van der Waals surface area contributed by atoms with E-state index in [1.807, 2.05) is 70.2 Å². The zero-order chi connectivity index (χ0) is 25.8. The summed E-state index contributed by atoms with van der Waals surface area (Å²) in [5, 5.41) is 3.00. The van der Waals surface area contributed by atoms with Crippen LogP contribution in [0.2, 0.25) is 0 Å². The molecule has 35 heavy (non-hydrogen) atoms. The molecule has 7 heteroatoms. The number of aryl methyl sites for hydroxylation is 1. The van der Waals surface area contributed by atoms with E-state index in [0.29, 0.717) is 43.4 Å². The molecule has 0 aromatic heterocycles. The fraction of sp³-hybridized carbons (Fsp3) is 0.500. The van der Waals surface area contributed by atoms with Gasteiger partial charge in [-0.2, -0.15) is 0 Å². The molecule has 0 aliphatic rings. The fourth-order valence-corrected chi connectivity index (χ4v) is 3.66. The molecule has 0 fully saturated rings. The molecule has 7 nitrogen and oxygen atoms in total. The smallest absolute Gasteiger partial charge is 0.242 e. The van der Waals surface area contributed by atoms with Gasteiger partial charge in [0.15, 0.2) is 11.5 Å². The van der Waals surface area contributed by atoms with Crippen molar-refractivity contribution in [1.82, 2.24) is 10.2 Å². The Hall–Kier alpha value is -3.22. The molecule has 0 aliphatic heterocycles. The molecule has 2 aromatic rings. The normalized spacial score (nSPS) is 12.4. The first kappa shape index (κ1) is 28.0. The molecule has 2 atom stereocenters. The summed E-state index contributed by atoms with van der Waals surface area (Å²) in [5.41, 5.74) is 1.88. The highest BCUT2D eigenvalue weighted by Crippen LogP contribution is 2.29. The summed E-state index contributed by atoms with van der Waals surface area (Å²) in [4.78, 5) is 28.0. The van der Waals surface area contributed by atoms with E-state index in [9.17, 15) is 9.59 Å². The Morgan fingerprint density at radius 3 is 2.31 bits per heavy atom. The van der Waals surface area contributed by atoms with Crippen LogP contribution in [0.25, 0.3) is 0 Å². The summed E-state index contributed by atoms with van der Waals surface area (Å²) in [6.45, 7) is 11.0. The summed E-state index contributed by atoms with van der Waals surface area (Å²) in [5.74, 6) is 1.83. The molecule has 2 rings (SSSR count). The first-order chi connectivity index (χ1) is 16.8. The summed E-state index contributed by atoms with van der Waals surface area (Å²) >= 11 is 0. The van der Waals surface area contributed by atoms with Crippen LogP contribution in [-0.2, 0) is 22.6 Å². The number of nitrogens with zero attached hydrogens (tertiary/aromatic N) is 1. The molecule has 0 heterocycles. The Bertz CT molecular complexity index is 962. The van der Waals surface area contributed by atoms with Crippen molar-refractivity contribution >= 4 is 11.8 Å². The second-order valence-corrected chi connectivity index (χ2v) is 8.51. The summed E-state index contributed by atoms with van der Waals surface area (Å²) < 4.78 is 16.7. The van der Waals surface area contributed by atoms with Crippen molar-refractivity contribution in [3.05, 3.63) is 53.6 Å². The molecule has 2 aromatic carbocycles. The zero-order valence-corrected chi connectivity index (χ0v) is 21.9. The molecular formula is C28H40N2O5. The number of rotatable bonds is 14. The van der Waals surface area contributed by atoms with Gasteiger partial charge in [0.05, 0.1) is 20.3 Å². The monoisotopic (exact) mass is 484 g/mol. The predicted molar refractivity (Wildman–Crippen MR) is 138 cm³/mol. The van der Waals surface area contributed by atoms with Gasteiger partial charge in [-0.1, -0.05) is 25.1 Å². The van der Waals surface area contributed by atoms with Gasteiger partial charge >= 0.3 is 0 Å². The molecule has 2 amide bonds. The number of ether oxygens (including phenoxy) is 3. The second kappa shape index (κ2) is 14.2. The maximum Gasteiger partial charge on any atom is 0.242 e. The van der Waals surface area contributed by atoms with E-state index >= 15 is 0 Å². The zero-order valence-electron chi connectivity index (χ0n) is 21.9. The average Bonchev–Trinajstić information content (AvgIpc) is 2.87. The summed E-state index contributed by atoms with van der Waals surface area (Å²) in [6, 6.07) is 12.8. The number of hydrogen-bond donors (Lipinski definition) is 1. The number of hydrogen-bond acceptors (Lipinski definition) is 5. The van der Waals surface area contributed by atoms with Crippen LogP contribution in [0.5, 0.6) is 17.2 Å². The lowest BCUT2D eigenvalue weighted by molar-refractivity contribution is -0.140. The Kier molecular flexibility index (Phi) is 11.4. The fourth-order valence-electron chi connectivity index (χ4n) is 3.66. The lowest BCUT2D eigenvalue weighted by Crippen LogP contribution is -2.49. The van der Waals surface area contributed by atoms with Crippen molar-refractivity contribution < 1.29 is 23.8 Å². The Morgan fingerprint density at radius 2 is 1.66 bits per heavy atom. The SMILES string of the molecule is CCOc1ccc(CCC(=O)N(Cc2cccc(OC)c2)[C@H](C)C(=O)N[C@@H](C)CC)cc1OCC. The lowest BCUT2D eigenvalue weighted by Gasteiger charge is -2.30. The van der Waals surface area contributed by atoms with E-state index in [-0.39, 0.29) is 24.3 Å². The lowest BCUT2D eigenvalue weighted by atomic mass is 10.1. The third-order valence-corrected chi connectivity index (χ3v) is 5.89. The van der Waals surface area contributed by atoms with Gasteiger partial charge in [-0.15, -0.1) is 0 Å². The van der Waals surface area contributed by atoms with Crippen molar-refractivity contribution in [1.29, 1.82) is 0 Å². The number of amides is 2. The predicted octanol–water partition coefficient (Wildman–Crippen LogP) is 4.76. The highest BCUT2D eigenvalue weighted by molar-refractivity contribution is 5.87. The van der Waals surface area contributed by atoms with Crippen LogP contribution in [-0.4, -0.2) is 49.1 Å². The van der Waals surface area contributed by atoms with Crippen LogP contribution in [0.3, 0.4) is 0 Å². The van der Waals surface area contributed by atoms with Gasteiger partial charge < -0.3 is 24.4 Å². The molecule has 0 saturated carbocycles. The molecule has 1 N–H and O–H groups in total. The topological polar surface area (TPSA) is 77.1 Å². The Morgan fingerprint density at radius 1 is 0.943 bits per heavy atom. The van der Waals surface area contributed by atoms with E-state index < -0.39 is 6.04 Å². The van der Waals surface area contributed by atoms with Gasteiger partial charge in [-0.3, -0.25) is 9.59 Å². The minimum Gasteiger partial charge on any atom is -0.497 e. The van der Waals surface area contributed by atoms with Crippen LogP contribution in [0.4, 0.5) is 0 Å². The molecule has 0 unspecified atom stereocenters. The molecule has 0 saturated heterocycles. The van der Waals surface area contributed by atoms with Crippen molar-refractivity contribution in [3.8, 4) is 17.2 Å². The van der Waals surface area contributed by atoms with Gasteiger partial charge in [-0.05, 0) is 75.9 Å². The Balaban J connectivity index is 2.20. The van der Waals surface area contributed by atoms with Crippen molar-refractivity contribution in [2.24, 2.45) is 0 Å². The number of carbonyl (C=O) groups excluding carboxylic acids is 2. The quantitative estimate of drug-likeness (QED) is 0.418. The van der Waals surface area contributed by atoms with Gasteiger partial charge in [-0.25, -0.2) is 0 Å². The van der Waals surface area contributed by atoms with Crippen LogP contribution in [0.1, 0.15) is 58.6 Å². The first-order valence-corrected chi connectivity index (χ1v) is 12.4. The molecule has 192 valence electrons. The largest absolute Gasteiger partial charge is 0.497 e. The van der Waals surface area contributed by atoms with Crippen molar-refractivity contribution in [3.63, 3.8) is 0 Å². The molecule has 0 aliphatic carbocycles.